The monoisotopic (exact) mass is 862 g/mol. The summed E-state index contributed by atoms with van der Waals surface area (Å²) in [4.78, 5) is 60.7. The molecule has 3 aromatic rings. The number of hydrogen-bond acceptors (Lipinski definition) is 9. The van der Waals surface area contributed by atoms with Gasteiger partial charge in [0.05, 0.1) is 40.6 Å². The lowest BCUT2D eigenvalue weighted by atomic mass is 9.81. The van der Waals surface area contributed by atoms with Crippen molar-refractivity contribution in [3.63, 3.8) is 0 Å². The first-order valence-electron chi connectivity index (χ1n) is 21.0. The first kappa shape index (κ1) is 44.0. The van der Waals surface area contributed by atoms with Gasteiger partial charge >= 0.3 is 12.2 Å². The van der Waals surface area contributed by atoms with Gasteiger partial charge in [-0.3, -0.25) is 39.1 Å². The van der Waals surface area contributed by atoms with Gasteiger partial charge in [-0.15, -0.1) is 0 Å². The number of amides is 5. The van der Waals surface area contributed by atoms with E-state index in [9.17, 15) is 37.6 Å². The Bertz CT molecular complexity index is 2250. The van der Waals surface area contributed by atoms with Crippen molar-refractivity contribution < 1.29 is 32.3 Å². The average molecular weight is 863 g/mol. The minimum atomic E-state index is -4.75. The molecule has 0 spiro atoms. The molecular formula is C43H53F3N10O4S. The summed E-state index contributed by atoms with van der Waals surface area (Å²) in [5.41, 5.74) is -1.32. The predicted molar refractivity (Wildman–Crippen MR) is 229 cm³/mol. The smallest absolute Gasteiger partial charge is 0.331 e. The van der Waals surface area contributed by atoms with Crippen LogP contribution in [0, 0.1) is 17.2 Å². The second-order valence-corrected chi connectivity index (χ2v) is 17.8. The fraction of sp³-hybridized carbons (Fsp3) is 0.558. The Kier molecular flexibility index (Phi) is 12.5. The van der Waals surface area contributed by atoms with Crippen LogP contribution in [0.15, 0.2) is 36.4 Å². The number of fused-ring (bicyclic) bond motifs is 1. The number of nitriles is 1. The van der Waals surface area contributed by atoms with Crippen molar-refractivity contribution in [2.75, 3.05) is 47.8 Å². The van der Waals surface area contributed by atoms with Crippen LogP contribution < -0.4 is 20.4 Å². The molecule has 326 valence electrons. The minimum Gasteiger partial charge on any atom is -0.331 e. The Morgan fingerprint density at radius 3 is 2.41 bits per heavy atom. The third kappa shape index (κ3) is 8.82. The van der Waals surface area contributed by atoms with E-state index in [-0.39, 0.29) is 66.2 Å². The number of nitrogens with one attached hydrogen (secondary N) is 2. The zero-order valence-electron chi connectivity index (χ0n) is 35.2. The summed E-state index contributed by atoms with van der Waals surface area (Å²) in [5, 5.41) is 20.1. The van der Waals surface area contributed by atoms with E-state index < -0.39 is 28.9 Å². The van der Waals surface area contributed by atoms with Crippen molar-refractivity contribution in [1.29, 1.82) is 5.26 Å². The number of anilines is 3. The van der Waals surface area contributed by atoms with Crippen molar-refractivity contribution in [2.45, 2.75) is 109 Å². The molecule has 14 nitrogen and oxygen atoms in total. The lowest BCUT2D eigenvalue weighted by Gasteiger charge is -2.44. The molecule has 4 heterocycles. The van der Waals surface area contributed by atoms with E-state index in [0.29, 0.717) is 28.3 Å². The highest BCUT2D eigenvalue weighted by Crippen LogP contribution is 2.42. The molecule has 2 aromatic carbocycles. The van der Waals surface area contributed by atoms with Crippen molar-refractivity contribution in [2.24, 2.45) is 13.0 Å². The number of benzene rings is 2. The highest BCUT2D eigenvalue weighted by Gasteiger charge is 2.52. The quantitative estimate of drug-likeness (QED) is 0.164. The van der Waals surface area contributed by atoms with Gasteiger partial charge in [0.1, 0.15) is 5.54 Å². The van der Waals surface area contributed by atoms with E-state index in [1.54, 1.807) is 31.6 Å². The van der Waals surface area contributed by atoms with Crippen LogP contribution in [0.5, 0.6) is 0 Å². The maximum Gasteiger partial charge on any atom is 0.417 e. The number of thiocarbonyl (C=S) groups is 1. The molecule has 61 heavy (non-hydrogen) atoms. The number of rotatable bonds is 11. The summed E-state index contributed by atoms with van der Waals surface area (Å²) >= 11 is 5.78. The van der Waals surface area contributed by atoms with Crippen molar-refractivity contribution in [1.82, 2.24) is 29.8 Å². The lowest BCUT2D eigenvalue weighted by molar-refractivity contribution is -0.137. The highest BCUT2D eigenvalue weighted by molar-refractivity contribution is 7.80. The zero-order chi connectivity index (χ0) is 44.0. The highest BCUT2D eigenvalue weighted by atomic mass is 32.1. The molecule has 4 fully saturated rings. The molecule has 1 aliphatic carbocycles. The molecule has 3 saturated heterocycles. The maximum atomic E-state index is 13.8. The summed E-state index contributed by atoms with van der Waals surface area (Å²) in [7, 11) is 1.76. The average Bonchev–Trinajstić information content (AvgIpc) is 3.62. The fourth-order valence-electron chi connectivity index (χ4n) is 9.82. The third-order valence-corrected chi connectivity index (χ3v) is 13.2. The first-order valence-corrected chi connectivity index (χ1v) is 21.4. The molecule has 1 saturated carbocycles. The zero-order valence-corrected chi connectivity index (χ0v) is 36.0. The van der Waals surface area contributed by atoms with Gasteiger partial charge in [-0.2, -0.15) is 23.5 Å². The molecule has 18 heteroatoms. The number of carbonyl (C=O) groups excluding carboxylic acids is 4. The molecule has 0 bridgehead atoms. The van der Waals surface area contributed by atoms with Gasteiger partial charge < -0.3 is 15.1 Å². The number of aromatic nitrogens is 2. The Balaban J connectivity index is 0.861. The molecular weight excluding hydrogens is 810 g/mol. The lowest BCUT2D eigenvalue weighted by Crippen LogP contribution is -2.58. The summed E-state index contributed by atoms with van der Waals surface area (Å²) in [6, 6.07) is 10.2. The van der Waals surface area contributed by atoms with Gasteiger partial charge in [-0.05, 0) is 115 Å². The molecule has 2 atom stereocenters. The van der Waals surface area contributed by atoms with Crippen LogP contribution in [-0.2, 0) is 27.6 Å². The Labute approximate surface area is 358 Å². The van der Waals surface area contributed by atoms with E-state index >= 15 is 0 Å². The van der Waals surface area contributed by atoms with Gasteiger partial charge in [0.25, 0.3) is 5.91 Å². The SMILES string of the molecule is C[C@@H]1CN(CCCCC2CCC(N3C(=S)N(c4ccc(C#N)c(C(F)(F)F)c4)C(=O)C3(C)C)CC2)C[C@H](C)N1CC(=O)Nc1cccc2c(N3CCC(=O)NC3=O)nn(C)c12. The van der Waals surface area contributed by atoms with Crippen LogP contribution >= 0.6 is 12.2 Å². The van der Waals surface area contributed by atoms with Crippen LogP contribution in [0.4, 0.5) is 35.2 Å². The van der Waals surface area contributed by atoms with Crippen LogP contribution in [-0.4, -0.2) is 110 Å². The third-order valence-electron chi connectivity index (χ3n) is 12.9. The predicted octanol–water partition coefficient (Wildman–Crippen LogP) is 6.38. The standard InChI is InChI=1S/C43H53F3N10O4S/c1-26-23-52(24-27(2)54(26)25-36(58)48-34-11-8-10-32-37(34)51(5)50-38(32)53-20-18-35(57)49-40(53)60)19-7-6-9-28-12-15-30(16-13-28)56-41(61)55(39(59)42(56,3)4)31-17-14-29(22-47)33(21-31)43(44,45)46/h8,10-11,14,17,21,26-28,30H,6-7,9,12-13,15-16,18-20,23-25H2,1-5H3,(H,48,58)(H,49,57,60)/t26-,27+,28?,30?. The van der Waals surface area contributed by atoms with Crippen LogP contribution in [0.2, 0.25) is 0 Å². The Morgan fingerprint density at radius 2 is 1.75 bits per heavy atom. The number of nitrogens with zero attached hydrogens (tertiary/aromatic N) is 8. The van der Waals surface area contributed by atoms with Crippen molar-refractivity contribution in [3.8, 4) is 6.07 Å². The molecule has 5 amide bonds. The summed E-state index contributed by atoms with van der Waals surface area (Å²) in [6.45, 7) is 11.0. The van der Waals surface area contributed by atoms with Gasteiger partial charge in [-0.25, -0.2) is 4.79 Å². The van der Waals surface area contributed by atoms with Crippen LogP contribution in [0.3, 0.4) is 0 Å². The molecule has 3 aliphatic heterocycles. The molecule has 0 unspecified atom stereocenters. The number of carbonyl (C=O) groups is 4. The second kappa shape index (κ2) is 17.3. The van der Waals surface area contributed by atoms with Gasteiger partial charge in [-0.1, -0.05) is 18.9 Å². The fourth-order valence-corrected chi connectivity index (χ4v) is 10.4. The number of halogens is 3. The maximum absolute atomic E-state index is 13.8. The number of alkyl halides is 3. The second-order valence-electron chi connectivity index (χ2n) is 17.4. The van der Waals surface area contributed by atoms with E-state index in [1.807, 2.05) is 23.1 Å². The molecule has 1 aromatic heterocycles. The number of para-hydroxylation sites is 1. The Morgan fingerprint density at radius 1 is 1.05 bits per heavy atom. The van der Waals surface area contributed by atoms with E-state index in [1.165, 1.54) is 15.9 Å². The van der Waals surface area contributed by atoms with E-state index in [0.717, 1.165) is 76.7 Å². The van der Waals surface area contributed by atoms with Gasteiger partial charge in [0.2, 0.25) is 11.8 Å². The normalized spacial score (nSPS) is 24.1. The molecule has 4 aliphatic rings. The van der Waals surface area contributed by atoms with E-state index in [4.69, 9.17) is 12.2 Å². The van der Waals surface area contributed by atoms with Crippen molar-refractivity contribution >= 4 is 69.2 Å². The molecule has 2 N–H and O–H groups in total. The summed E-state index contributed by atoms with van der Waals surface area (Å²) < 4.78 is 42.9. The first-order chi connectivity index (χ1) is 28.9. The number of hydrogen-bond donors (Lipinski definition) is 2. The van der Waals surface area contributed by atoms with Gasteiger partial charge in [0.15, 0.2) is 10.9 Å². The molecule has 0 radical (unpaired) electrons. The largest absolute Gasteiger partial charge is 0.417 e. The van der Waals surface area contributed by atoms with Gasteiger partial charge in [0, 0.05) is 56.6 Å². The molecule has 7 rings (SSSR count). The number of urea groups is 1. The number of unbranched alkanes of at least 4 members (excludes halogenated alkanes) is 1. The van der Waals surface area contributed by atoms with Crippen LogP contribution in [0.25, 0.3) is 10.9 Å². The Hall–Kier alpha value is -5.12. The van der Waals surface area contributed by atoms with Crippen molar-refractivity contribution in [3.05, 3.63) is 47.5 Å². The van der Waals surface area contributed by atoms with Crippen LogP contribution in [0.1, 0.15) is 90.2 Å². The summed E-state index contributed by atoms with van der Waals surface area (Å²) in [6.07, 6.45) is 2.29. The number of piperazine rings is 1. The number of aryl methyl sites for hydroxylation is 1. The number of imide groups is 1. The van der Waals surface area contributed by atoms with E-state index in [2.05, 4.69) is 39.4 Å². The minimum absolute atomic E-state index is 0.00517. The summed E-state index contributed by atoms with van der Waals surface area (Å²) in [5.74, 6) is 0.136. The topological polar surface area (TPSA) is 150 Å².